The van der Waals surface area contributed by atoms with Crippen LogP contribution in [0.3, 0.4) is 0 Å². The maximum absolute atomic E-state index is 12.7. The predicted octanol–water partition coefficient (Wildman–Crippen LogP) is 3.51. The number of benzene rings is 1. The lowest BCUT2D eigenvalue weighted by Gasteiger charge is -2.29. The minimum atomic E-state index is -3.23. The molecule has 1 aromatic heterocycles. The van der Waals surface area contributed by atoms with Gasteiger partial charge in [0.2, 0.25) is 0 Å². The predicted molar refractivity (Wildman–Crippen MR) is 91.6 cm³/mol. The van der Waals surface area contributed by atoms with Gasteiger partial charge in [-0.05, 0) is 64.0 Å². The third-order valence-corrected chi connectivity index (χ3v) is 6.59. The Labute approximate surface area is 141 Å². The first kappa shape index (κ1) is 15.7. The van der Waals surface area contributed by atoms with E-state index in [4.69, 9.17) is 0 Å². The number of fused-ring (bicyclic) bond motifs is 1. The van der Waals surface area contributed by atoms with Crippen molar-refractivity contribution in [2.45, 2.75) is 17.7 Å². The smallest absolute Gasteiger partial charge is 0.269 e. The Hall–Kier alpha value is -1.18. The van der Waals surface area contributed by atoms with Gasteiger partial charge in [0.15, 0.2) is 9.84 Å². The van der Waals surface area contributed by atoms with Gasteiger partial charge in [0.1, 0.15) is 4.88 Å². The molecule has 0 saturated heterocycles. The van der Waals surface area contributed by atoms with Crippen LogP contribution in [0.2, 0.25) is 0 Å². The number of anilines is 1. The molecule has 0 spiro atoms. The van der Waals surface area contributed by atoms with Gasteiger partial charge in [0.25, 0.3) is 5.91 Å². The number of halogens is 1. The fourth-order valence-corrected chi connectivity index (χ4v) is 4.74. The highest BCUT2D eigenvalue weighted by molar-refractivity contribution is 9.10. The summed E-state index contributed by atoms with van der Waals surface area (Å²) in [5, 5.41) is 1.87. The van der Waals surface area contributed by atoms with Gasteiger partial charge in [-0.2, -0.15) is 0 Å². The number of rotatable bonds is 2. The number of nitrogens with zero attached hydrogens (tertiary/aromatic N) is 1. The second-order valence-electron chi connectivity index (χ2n) is 5.22. The fraction of sp³-hybridized carbons (Fsp3) is 0.267. The van der Waals surface area contributed by atoms with E-state index in [1.54, 1.807) is 23.1 Å². The van der Waals surface area contributed by atoms with Crippen LogP contribution in [-0.2, 0) is 16.3 Å². The van der Waals surface area contributed by atoms with Crippen LogP contribution < -0.4 is 4.90 Å². The lowest BCUT2D eigenvalue weighted by atomic mass is 10.0. The van der Waals surface area contributed by atoms with E-state index in [1.165, 1.54) is 17.6 Å². The van der Waals surface area contributed by atoms with E-state index in [1.807, 2.05) is 11.4 Å². The molecule has 0 radical (unpaired) electrons. The van der Waals surface area contributed by atoms with Gasteiger partial charge < -0.3 is 4.90 Å². The third-order valence-electron chi connectivity index (χ3n) is 3.65. The summed E-state index contributed by atoms with van der Waals surface area (Å²) in [6, 6.07) is 6.86. The lowest BCUT2D eigenvalue weighted by molar-refractivity contribution is 0.0988. The van der Waals surface area contributed by atoms with Gasteiger partial charge >= 0.3 is 0 Å². The maximum atomic E-state index is 12.7. The zero-order valence-electron chi connectivity index (χ0n) is 11.9. The van der Waals surface area contributed by atoms with Crippen LogP contribution >= 0.6 is 27.3 Å². The summed E-state index contributed by atoms with van der Waals surface area (Å²) in [7, 11) is -3.23. The standard InChI is InChI=1S/C15H14BrNO3S2/c1-22(19,20)11-4-5-13-10(9-11)3-2-7-17(13)15(18)14-12(16)6-8-21-14/h4-6,8-9H,2-3,7H2,1H3. The Morgan fingerprint density at radius 2 is 2.09 bits per heavy atom. The molecule has 0 fully saturated rings. The Morgan fingerprint density at radius 3 is 2.73 bits per heavy atom. The molecule has 22 heavy (non-hydrogen) atoms. The van der Waals surface area contributed by atoms with E-state index < -0.39 is 9.84 Å². The van der Waals surface area contributed by atoms with Crippen molar-refractivity contribution in [3.05, 3.63) is 44.6 Å². The topological polar surface area (TPSA) is 54.5 Å². The van der Waals surface area contributed by atoms with E-state index in [9.17, 15) is 13.2 Å². The van der Waals surface area contributed by atoms with Crippen LogP contribution in [-0.4, -0.2) is 27.1 Å². The molecule has 0 N–H and O–H groups in total. The highest BCUT2D eigenvalue weighted by Gasteiger charge is 2.26. The van der Waals surface area contributed by atoms with Gasteiger partial charge in [-0.1, -0.05) is 0 Å². The summed E-state index contributed by atoms with van der Waals surface area (Å²) >= 11 is 4.79. The molecule has 2 heterocycles. The van der Waals surface area contributed by atoms with E-state index in [2.05, 4.69) is 15.9 Å². The van der Waals surface area contributed by atoms with E-state index in [0.717, 1.165) is 28.6 Å². The van der Waals surface area contributed by atoms with Gasteiger partial charge in [0, 0.05) is 23.0 Å². The van der Waals surface area contributed by atoms with Crippen molar-refractivity contribution in [1.29, 1.82) is 0 Å². The third kappa shape index (κ3) is 2.85. The molecule has 1 aliphatic rings. The van der Waals surface area contributed by atoms with E-state index >= 15 is 0 Å². The van der Waals surface area contributed by atoms with Crippen LogP contribution in [0.15, 0.2) is 39.0 Å². The second-order valence-corrected chi connectivity index (χ2v) is 9.01. The van der Waals surface area contributed by atoms with Crippen molar-refractivity contribution in [3.8, 4) is 0 Å². The molecule has 0 bridgehead atoms. The molecule has 2 aromatic rings. The molecule has 7 heteroatoms. The molecule has 3 rings (SSSR count). The summed E-state index contributed by atoms with van der Waals surface area (Å²) in [6.45, 7) is 0.647. The Morgan fingerprint density at radius 1 is 1.32 bits per heavy atom. The van der Waals surface area contributed by atoms with E-state index in [-0.39, 0.29) is 5.91 Å². The van der Waals surface area contributed by atoms with Crippen LogP contribution in [0.4, 0.5) is 5.69 Å². The molecule has 116 valence electrons. The number of amides is 1. The Kier molecular flexibility index (Phi) is 4.13. The fourth-order valence-electron chi connectivity index (χ4n) is 2.58. The Bertz CT molecular complexity index is 842. The minimum Gasteiger partial charge on any atom is -0.307 e. The first-order chi connectivity index (χ1) is 10.4. The lowest BCUT2D eigenvalue weighted by Crippen LogP contribution is -2.35. The largest absolute Gasteiger partial charge is 0.307 e. The average Bonchev–Trinajstić information content (AvgIpc) is 2.90. The zero-order valence-corrected chi connectivity index (χ0v) is 15.1. The number of aryl methyl sites for hydroxylation is 1. The number of carbonyl (C=O) groups excluding carboxylic acids is 1. The quantitative estimate of drug-likeness (QED) is 0.776. The van der Waals surface area contributed by atoms with Gasteiger partial charge in [-0.15, -0.1) is 11.3 Å². The number of thiophene rings is 1. The van der Waals surface area contributed by atoms with Crippen molar-refractivity contribution >= 4 is 48.7 Å². The van der Waals surface area contributed by atoms with Crippen LogP contribution in [0.1, 0.15) is 21.7 Å². The van der Waals surface area contributed by atoms with Crippen molar-refractivity contribution in [3.63, 3.8) is 0 Å². The van der Waals surface area contributed by atoms with E-state index in [0.29, 0.717) is 16.3 Å². The summed E-state index contributed by atoms with van der Waals surface area (Å²) in [4.78, 5) is 15.4. The molecule has 1 aliphatic heterocycles. The molecule has 0 unspecified atom stereocenters. The van der Waals surface area contributed by atoms with Crippen molar-refractivity contribution in [2.75, 3.05) is 17.7 Å². The van der Waals surface area contributed by atoms with Crippen molar-refractivity contribution in [1.82, 2.24) is 0 Å². The van der Waals surface area contributed by atoms with Gasteiger partial charge in [-0.25, -0.2) is 8.42 Å². The molecule has 0 saturated carbocycles. The normalized spacial score (nSPS) is 14.7. The van der Waals surface area contributed by atoms with Crippen LogP contribution in [0.25, 0.3) is 0 Å². The highest BCUT2D eigenvalue weighted by Crippen LogP contribution is 2.33. The SMILES string of the molecule is CS(=O)(=O)c1ccc2c(c1)CCCN2C(=O)c1sccc1Br. The molecule has 1 aromatic carbocycles. The number of sulfone groups is 1. The van der Waals surface area contributed by atoms with Crippen molar-refractivity contribution < 1.29 is 13.2 Å². The molecule has 0 atom stereocenters. The zero-order chi connectivity index (χ0) is 15.9. The summed E-state index contributed by atoms with van der Waals surface area (Å²) in [6.07, 6.45) is 2.81. The van der Waals surface area contributed by atoms with Crippen LogP contribution in [0, 0.1) is 0 Å². The highest BCUT2D eigenvalue weighted by atomic mass is 79.9. The second kappa shape index (κ2) is 5.79. The molecular formula is C15H14BrNO3S2. The van der Waals surface area contributed by atoms with Crippen LogP contribution in [0.5, 0.6) is 0 Å². The molecule has 0 aliphatic carbocycles. The summed E-state index contributed by atoms with van der Waals surface area (Å²) in [5.74, 6) is -0.0464. The summed E-state index contributed by atoms with van der Waals surface area (Å²) < 4.78 is 24.2. The molecular weight excluding hydrogens is 386 g/mol. The van der Waals surface area contributed by atoms with Crippen molar-refractivity contribution in [2.24, 2.45) is 0 Å². The summed E-state index contributed by atoms with van der Waals surface area (Å²) in [5.41, 5.74) is 1.72. The number of hydrogen-bond acceptors (Lipinski definition) is 4. The first-order valence-electron chi connectivity index (χ1n) is 6.76. The number of carbonyl (C=O) groups is 1. The Balaban J connectivity index is 2.02. The minimum absolute atomic E-state index is 0.0464. The van der Waals surface area contributed by atoms with Gasteiger partial charge in [0.05, 0.1) is 4.90 Å². The first-order valence-corrected chi connectivity index (χ1v) is 10.3. The molecule has 1 amide bonds. The van der Waals surface area contributed by atoms with Gasteiger partial charge in [-0.3, -0.25) is 4.79 Å². The number of hydrogen-bond donors (Lipinski definition) is 0. The maximum Gasteiger partial charge on any atom is 0.269 e. The molecule has 4 nitrogen and oxygen atoms in total. The monoisotopic (exact) mass is 399 g/mol. The average molecular weight is 400 g/mol.